The van der Waals surface area contributed by atoms with Crippen molar-refractivity contribution in [3.05, 3.63) is 23.8 Å². The molecule has 1 aromatic carbocycles. The molecule has 19 heavy (non-hydrogen) atoms. The molecule has 0 aliphatic carbocycles. The molecule has 0 aliphatic heterocycles. The van der Waals surface area contributed by atoms with Crippen LogP contribution in [-0.2, 0) is 14.8 Å². The van der Waals surface area contributed by atoms with Crippen LogP contribution in [0.4, 0.5) is 5.69 Å². The van der Waals surface area contributed by atoms with Crippen molar-refractivity contribution in [1.82, 2.24) is 9.62 Å². The van der Waals surface area contributed by atoms with Crippen molar-refractivity contribution in [2.24, 2.45) is 0 Å². The van der Waals surface area contributed by atoms with Gasteiger partial charge in [0.15, 0.2) is 0 Å². The summed E-state index contributed by atoms with van der Waals surface area (Å²) in [6, 6.07) is 3.80. The summed E-state index contributed by atoms with van der Waals surface area (Å²) >= 11 is 0. The van der Waals surface area contributed by atoms with Crippen LogP contribution in [-0.4, -0.2) is 39.4 Å². The Bertz CT molecular complexity index is 582. The van der Waals surface area contributed by atoms with Gasteiger partial charge in [0, 0.05) is 19.8 Å². The first kappa shape index (κ1) is 15.5. The molecule has 1 amide bonds. The van der Waals surface area contributed by atoms with Crippen LogP contribution in [0.15, 0.2) is 23.1 Å². The lowest BCUT2D eigenvalue weighted by Gasteiger charge is -2.18. The summed E-state index contributed by atoms with van der Waals surface area (Å²) in [5, 5.41) is 0. The number of nitrogens with one attached hydrogen (secondary N) is 1. The van der Waals surface area contributed by atoms with Crippen LogP contribution in [0.5, 0.6) is 0 Å². The van der Waals surface area contributed by atoms with E-state index < -0.39 is 16.1 Å². The molecule has 1 atom stereocenters. The molecule has 106 valence electrons. The molecule has 6 nitrogen and oxygen atoms in total. The number of sulfonamides is 1. The van der Waals surface area contributed by atoms with Crippen LogP contribution < -0.4 is 10.5 Å². The van der Waals surface area contributed by atoms with Crippen molar-refractivity contribution < 1.29 is 13.2 Å². The summed E-state index contributed by atoms with van der Waals surface area (Å²) in [5.74, 6) is -0.315. The SMILES string of the molecule is Cc1ccc(N)cc1S(=O)(=O)NC(C)C(=O)N(C)C. The largest absolute Gasteiger partial charge is 0.399 e. The normalized spacial score (nSPS) is 13.1. The molecular weight excluding hydrogens is 266 g/mol. The van der Waals surface area contributed by atoms with Gasteiger partial charge in [-0.3, -0.25) is 4.79 Å². The van der Waals surface area contributed by atoms with Crippen molar-refractivity contribution >= 4 is 21.6 Å². The summed E-state index contributed by atoms with van der Waals surface area (Å²) in [5.41, 5.74) is 6.53. The first-order valence-corrected chi connectivity index (χ1v) is 7.23. The van der Waals surface area contributed by atoms with Crippen LogP contribution >= 0.6 is 0 Å². The van der Waals surface area contributed by atoms with Gasteiger partial charge in [0.2, 0.25) is 15.9 Å². The summed E-state index contributed by atoms with van der Waals surface area (Å²) in [7, 11) is -0.632. The van der Waals surface area contributed by atoms with Gasteiger partial charge in [-0.25, -0.2) is 8.42 Å². The molecule has 0 heterocycles. The maximum Gasteiger partial charge on any atom is 0.241 e. The number of hydrogen-bond donors (Lipinski definition) is 2. The quantitative estimate of drug-likeness (QED) is 0.780. The standard InChI is InChI=1S/C12H19N3O3S/c1-8-5-6-10(13)7-11(8)19(17,18)14-9(2)12(16)15(3)4/h5-7,9,14H,13H2,1-4H3. The van der Waals surface area contributed by atoms with Crippen molar-refractivity contribution in [1.29, 1.82) is 0 Å². The zero-order chi connectivity index (χ0) is 14.8. The molecule has 0 bridgehead atoms. The summed E-state index contributed by atoms with van der Waals surface area (Å²) < 4.78 is 26.8. The van der Waals surface area contributed by atoms with E-state index in [9.17, 15) is 13.2 Å². The third-order valence-electron chi connectivity index (χ3n) is 2.64. The monoisotopic (exact) mass is 285 g/mol. The van der Waals surface area contributed by atoms with E-state index in [2.05, 4.69) is 4.72 Å². The molecular formula is C12H19N3O3S. The number of anilines is 1. The van der Waals surface area contributed by atoms with Gasteiger partial charge in [-0.05, 0) is 31.5 Å². The number of nitrogen functional groups attached to an aromatic ring is 1. The number of hydrogen-bond acceptors (Lipinski definition) is 4. The van der Waals surface area contributed by atoms with Gasteiger partial charge in [-0.2, -0.15) is 4.72 Å². The number of nitrogens with two attached hydrogens (primary N) is 1. The summed E-state index contributed by atoms with van der Waals surface area (Å²) in [6.07, 6.45) is 0. The van der Waals surface area contributed by atoms with E-state index in [0.717, 1.165) is 0 Å². The van der Waals surface area contributed by atoms with E-state index in [1.165, 1.54) is 17.9 Å². The average molecular weight is 285 g/mol. The van der Waals surface area contributed by atoms with Gasteiger partial charge in [-0.1, -0.05) is 6.07 Å². The highest BCUT2D eigenvalue weighted by molar-refractivity contribution is 7.89. The lowest BCUT2D eigenvalue weighted by atomic mass is 10.2. The number of amides is 1. The van der Waals surface area contributed by atoms with Gasteiger partial charge in [0.1, 0.15) is 0 Å². The Morgan fingerprint density at radius 2 is 1.95 bits per heavy atom. The van der Waals surface area contributed by atoms with Crippen LogP contribution in [0.1, 0.15) is 12.5 Å². The predicted octanol–water partition coefficient (Wildman–Crippen LogP) is 0.332. The molecule has 0 fully saturated rings. The molecule has 0 spiro atoms. The number of nitrogens with zero attached hydrogens (tertiary/aromatic N) is 1. The number of rotatable bonds is 4. The zero-order valence-electron chi connectivity index (χ0n) is 11.5. The molecule has 7 heteroatoms. The van der Waals surface area contributed by atoms with E-state index in [0.29, 0.717) is 11.3 Å². The topological polar surface area (TPSA) is 92.5 Å². The van der Waals surface area contributed by atoms with E-state index in [4.69, 9.17) is 5.73 Å². The van der Waals surface area contributed by atoms with Crippen LogP contribution in [0, 0.1) is 6.92 Å². The molecule has 0 aliphatic rings. The maximum atomic E-state index is 12.2. The van der Waals surface area contributed by atoms with Gasteiger partial charge >= 0.3 is 0 Å². The van der Waals surface area contributed by atoms with Gasteiger partial charge in [-0.15, -0.1) is 0 Å². The molecule has 0 saturated carbocycles. The van der Waals surface area contributed by atoms with Crippen LogP contribution in [0.2, 0.25) is 0 Å². The third-order valence-corrected chi connectivity index (χ3v) is 4.33. The Kier molecular flexibility index (Phi) is 4.54. The summed E-state index contributed by atoms with van der Waals surface area (Å²) in [6.45, 7) is 3.17. The van der Waals surface area contributed by atoms with Gasteiger partial charge in [0.25, 0.3) is 0 Å². The first-order valence-electron chi connectivity index (χ1n) is 5.75. The van der Waals surface area contributed by atoms with Crippen LogP contribution in [0.25, 0.3) is 0 Å². The third kappa shape index (κ3) is 3.68. The van der Waals surface area contributed by atoms with Crippen molar-refractivity contribution in [2.75, 3.05) is 19.8 Å². The Morgan fingerprint density at radius 3 is 2.47 bits per heavy atom. The van der Waals surface area contributed by atoms with E-state index in [-0.39, 0.29) is 10.8 Å². The fourth-order valence-electron chi connectivity index (χ4n) is 1.64. The number of aryl methyl sites for hydroxylation is 1. The number of carbonyl (C=O) groups excluding carboxylic acids is 1. The van der Waals surface area contributed by atoms with E-state index >= 15 is 0 Å². The second kappa shape index (κ2) is 5.58. The maximum absolute atomic E-state index is 12.2. The Hall–Kier alpha value is -1.60. The fraction of sp³-hybridized carbons (Fsp3) is 0.417. The molecule has 3 N–H and O–H groups in total. The minimum absolute atomic E-state index is 0.0888. The molecule has 1 aromatic rings. The molecule has 0 saturated heterocycles. The predicted molar refractivity (Wildman–Crippen MR) is 74.1 cm³/mol. The molecule has 1 rings (SSSR count). The summed E-state index contributed by atoms with van der Waals surface area (Å²) in [4.78, 5) is 13.1. The average Bonchev–Trinajstić information content (AvgIpc) is 2.30. The first-order chi connectivity index (χ1) is 8.65. The van der Waals surface area contributed by atoms with Gasteiger partial charge in [0.05, 0.1) is 10.9 Å². The lowest BCUT2D eigenvalue weighted by molar-refractivity contribution is -0.130. The lowest BCUT2D eigenvalue weighted by Crippen LogP contribution is -2.44. The minimum Gasteiger partial charge on any atom is -0.399 e. The van der Waals surface area contributed by atoms with E-state index in [1.807, 2.05) is 0 Å². The highest BCUT2D eigenvalue weighted by atomic mass is 32.2. The zero-order valence-corrected chi connectivity index (χ0v) is 12.3. The molecule has 0 radical (unpaired) electrons. The smallest absolute Gasteiger partial charge is 0.241 e. The number of likely N-dealkylation sites (N-methyl/N-ethyl adjacent to an activating group) is 1. The number of benzene rings is 1. The van der Waals surface area contributed by atoms with Crippen LogP contribution in [0.3, 0.4) is 0 Å². The number of carbonyl (C=O) groups is 1. The van der Waals surface area contributed by atoms with Crippen molar-refractivity contribution in [3.8, 4) is 0 Å². The Morgan fingerprint density at radius 1 is 1.37 bits per heavy atom. The fourth-order valence-corrected chi connectivity index (χ4v) is 3.12. The van der Waals surface area contributed by atoms with Crippen molar-refractivity contribution in [2.45, 2.75) is 24.8 Å². The van der Waals surface area contributed by atoms with E-state index in [1.54, 1.807) is 33.2 Å². The van der Waals surface area contributed by atoms with Gasteiger partial charge < -0.3 is 10.6 Å². The second-order valence-corrected chi connectivity index (χ2v) is 6.28. The highest BCUT2D eigenvalue weighted by Crippen LogP contribution is 2.18. The molecule has 0 aromatic heterocycles. The minimum atomic E-state index is -3.77. The highest BCUT2D eigenvalue weighted by Gasteiger charge is 2.24. The Balaban J connectivity index is 3.05. The Labute approximate surface area is 113 Å². The second-order valence-electron chi connectivity index (χ2n) is 4.60. The van der Waals surface area contributed by atoms with Crippen molar-refractivity contribution in [3.63, 3.8) is 0 Å². The molecule has 1 unspecified atom stereocenters.